The number of hydrogen-bond acceptors (Lipinski definition) is 4. The first-order chi connectivity index (χ1) is 13.3. The summed E-state index contributed by atoms with van der Waals surface area (Å²) in [6, 6.07) is 13.3. The number of piperidine rings is 1. The second-order valence-corrected chi connectivity index (χ2v) is 9.79. The lowest BCUT2D eigenvalue weighted by Gasteiger charge is -2.35. The van der Waals surface area contributed by atoms with Crippen LogP contribution in [0.2, 0.25) is 0 Å². The molecule has 1 heterocycles. The van der Waals surface area contributed by atoms with Crippen LogP contribution in [0, 0.1) is 0 Å². The number of fused-ring (bicyclic) bond motifs is 1. The van der Waals surface area contributed by atoms with E-state index in [9.17, 15) is 13.2 Å². The van der Waals surface area contributed by atoms with Gasteiger partial charge in [-0.25, -0.2) is 8.42 Å². The SMILES string of the molecule is CC(C)N1CCC(NC(=O)CN(C)S(=O)(=O)c2ccc3ccccc3c2)CC1. The Morgan fingerprint density at radius 2 is 1.79 bits per heavy atom. The number of nitrogens with one attached hydrogen (secondary N) is 1. The van der Waals surface area contributed by atoms with Crippen molar-refractivity contribution in [2.75, 3.05) is 26.7 Å². The van der Waals surface area contributed by atoms with E-state index in [0.717, 1.165) is 41.0 Å². The van der Waals surface area contributed by atoms with Gasteiger partial charge in [-0.3, -0.25) is 4.79 Å². The van der Waals surface area contributed by atoms with Crippen molar-refractivity contribution in [2.45, 2.75) is 43.7 Å². The van der Waals surface area contributed by atoms with E-state index in [1.54, 1.807) is 18.2 Å². The third-order valence-corrected chi connectivity index (χ3v) is 7.22. The average molecular weight is 404 g/mol. The van der Waals surface area contributed by atoms with Crippen LogP contribution in [0.5, 0.6) is 0 Å². The standard InChI is InChI=1S/C21H29N3O3S/c1-16(2)24-12-10-19(11-13-24)22-21(25)15-23(3)28(26,27)20-9-8-17-6-4-5-7-18(17)14-20/h4-9,14,16,19H,10-13,15H2,1-3H3,(H,22,25). The Labute approximate surface area is 167 Å². The Kier molecular flexibility index (Phi) is 6.37. The fourth-order valence-electron chi connectivity index (χ4n) is 3.63. The summed E-state index contributed by atoms with van der Waals surface area (Å²) in [5.74, 6) is -0.255. The summed E-state index contributed by atoms with van der Waals surface area (Å²) in [7, 11) is -2.27. The maximum atomic E-state index is 12.9. The molecular formula is C21H29N3O3S. The van der Waals surface area contributed by atoms with E-state index in [1.165, 1.54) is 7.05 Å². The van der Waals surface area contributed by atoms with Gasteiger partial charge >= 0.3 is 0 Å². The van der Waals surface area contributed by atoms with Gasteiger partial charge in [0.15, 0.2) is 0 Å². The highest BCUT2D eigenvalue weighted by Crippen LogP contribution is 2.21. The Morgan fingerprint density at radius 1 is 1.14 bits per heavy atom. The topological polar surface area (TPSA) is 69.7 Å². The summed E-state index contributed by atoms with van der Waals surface area (Å²) >= 11 is 0. The maximum absolute atomic E-state index is 12.9. The summed E-state index contributed by atoms with van der Waals surface area (Å²) in [5, 5.41) is 4.83. The number of nitrogens with zero attached hydrogens (tertiary/aromatic N) is 2. The van der Waals surface area contributed by atoms with E-state index in [0.29, 0.717) is 6.04 Å². The molecule has 1 saturated heterocycles. The summed E-state index contributed by atoms with van der Waals surface area (Å²) < 4.78 is 26.8. The van der Waals surface area contributed by atoms with Crippen molar-refractivity contribution in [1.29, 1.82) is 0 Å². The molecule has 6 nitrogen and oxygen atoms in total. The van der Waals surface area contributed by atoms with E-state index in [4.69, 9.17) is 0 Å². The molecule has 0 aliphatic carbocycles. The van der Waals surface area contributed by atoms with Crippen LogP contribution in [-0.4, -0.2) is 62.3 Å². The van der Waals surface area contributed by atoms with Crippen LogP contribution in [0.4, 0.5) is 0 Å². The lowest BCUT2D eigenvalue weighted by Crippen LogP contribution is -2.48. The third-order valence-electron chi connectivity index (χ3n) is 5.42. The molecule has 152 valence electrons. The highest BCUT2D eigenvalue weighted by Gasteiger charge is 2.26. The van der Waals surface area contributed by atoms with Gasteiger partial charge in [0.2, 0.25) is 15.9 Å². The van der Waals surface area contributed by atoms with E-state index in [-0.39, 0.29) is 23.4 Å². The number of likely N-dealkylation sites (tertiary alicyclic amines) is 1. The minimum absolute atomic E-state index is 0.110. The van der Waals surface area contributed by atoms with Crippen molar-refractivity contribution in [3.05, 3.63) is 42.5 Å². The maximum Gasteiger partial charge on any atom is 0.243 e. The highest BCUT2D eigenvalue weighted by molar-refractivity contribution is 7.89. The van der Waals surface area contributed by atoms with Crippen molar-refractivity contribution < 1.29 is 13.2 Å². The Balaban J connectivity index is 1.61. The zero-order chi connectivity index (χ0) is 20.3. The molecule has 2 aromatic rings. The predicted octanol–water partition coefficient (Wildman–Crippen LogP) is 2.45. The van der Waals surface area contributed by atoms with Crippen LogP contribution >= 0.6 is 0 Å². The number of amides is 1. The molecule has 0 saturated carbocycles. The molecule has 0 radical (unpaired) electrons. The molecule has 3 rings (SSSR count). The van der Waals surface area contributed by atoms with Gasteiger partial charge in [-0.15, -0.1) is 0 Å². The third kappa shape index (κ3) is 4.71. The van der Waals surface area contributed by atoms with E-state index in [2.05, 4.69) is 24.1 Å². The number of carbonyl (C=O) groups is 1. The largest absolute Gasteiger partial charge is 0.352 e. The van der Waals surface area contributed by atoms with Gasteiger partial charge in [0.1, 0.15) is 0 Å². The smallest absolute Gasteiger partial charge is 0.243 e. The van der Waals surface area contributed by atoms with Crippen LogP contribution in [0.1, 0.15) is 26.7 Å². The van der Waals surface area contributed by atoms with Crippen molar-refractivity contribution in [3.63, 3.8) is 0 Å². The zero-order valence-electron chi connectivity index (χ0n) is 16.8. The predicted molar refractivity (Wildman–Crippen MR) is 112 cm³/mol. The van der Waals surface area contributed by atoms with Crippen LogP contribution in [0.15, 0.2) is 47.4 Å². The molecule has 0 bridgehead atoms. The zero-order valence-corrected chi connectivity index (χ0v) is 17.6. The van der Waals surface area contributed by atoms with Gasteiger partial charge in [0.05, 0.1) is 11.4 Å². The van der Waals surface area contributed by atoms with Crippen LogP contribution in [0.25, 0.3) is 10.8 Å². The second-order valence-electron chi connectivity index (χ2n) is 7.74. The van der Waals surface area contributed by atoms with Crippen LogP contribution in [-0.2, 0) is 14.8 Å². The van der Waals surface area contributed by atoms with E-state index in [1.807, 2.05) is 24.3 Å². The van der Waals surface area contributed by atoms with Gasteiger partial charge < -0.3 is 10.2 Å². The number of rotatable bonds is 6. The number of carbonyl (C=O) groups excluding carboxylic acids is 1. The minimum atomic E-state index is -3.72. The second kappa shape index (κ2) is 8.59. The molecule has 1 amide bonds. The highest BCUT2D eigenvalue weighted by atomic mass is 32.2. The Bertz CT molecular complexity index is 935. The van der Waals surface area contributed by atoms with Crippen LogP contribution in [0.3, 0.4) is 0 Å². The van der Waals surface area contributed by atoms with Crippen molar-refractivity contribution in [1.82, 2.24) is 14.5 Å². The molecule has 1 aliphatic heterocycles. The van der Waals surface area contributed by atoms with Crippen molar-refractivity contribution >= 4 is 26.7 Å². The summed E-state index contributed by atoms with van der Waals surface area (Å²) in [6.07, 6.45) is 1.79. The van der Waals surface area contributed by atoms with Crippen LogP contribution < -0.4 is 5.32 Å². The number of sulfonamides is 1. The quantitative estimate of drug-likeness (QED) is 0.804. The normalized spacial score (nSPS) is 16.8. The summed E-state index contributed by atoms with van der Waals surface area (Å²) in [4.78, 5) is 15.0. The molecular weight excluding hydrogens is 374 g/mol. The van der Waals surface area contributed by atoms with Crippen molar-refractivity contribution in [3.8, 4) is 0 Å². The van der Waals surface area contributed by atoms with Gasteiger partial charge in [-0.2, -0.15) is 4.31 Å². The molecule has 1 fully saturated rings. The fraction of sp³-hybridized carbons (Fsp3) is 0.476. The summed E-state index contributed by atoms with van der Waals surface area (Å²) in [6.45, 7) is 6.07. The fourth-order valence-corrected chi connectivity index (χ4v) is 4.79. The van der Waals surface area contributed by atoms with Gasteiger partial charge in [-0.05, 0) is 49.6 Å². The molecule has 7 heteroatoms. The van der Waals surface area contributed by atoms with E-state index >= 15 is 0 Å². The molecule has 2 aromatic carbocycles. The summed E-state index contributed by atoms with van der Waals surface area (Å²) in [5.41, 5.74) is 0. The number of likely N-dealkylation sites (N-methyl/N-ethyl adjacent to an activating group) is 1. The molecule has 0 atom stereocenters. The lowest BCUT2D eigenvalue weighted by atomic mass is 10.0. The Hall–Kier alpha value is -1.96. The number of hydrogen-bond donors (Lipinski definition) is 1. The van der Waals surface area contributed by atoms with Crippen molar-refractivity contribution in [2.24, 2.45) is 0 Å². The molecule has 0 aromatic heterocycles. The molecule has 1 N–H and O–H groups in total. The van der Waals surface area contributed by atoms with Gasteiger partial charge in [0.25, 0.3) is 0 Å². The van der Waals surface area contributed by atoms with Gasteiger partial charge in [0, 0.05) is 32.2 Å². The first kappa shape index (κ1) is 20.8. The van der Waals surface area contributed by atoms with E-state index < -0.39 is 10.0 Å². The minimum Gasteiger partial charge on any atom is -0.352 e. The number of benzene rings is 2. The molecule has 0 spiro atoms. The van der Waals surface area contributed by atoms with Gasteiger partial charge in [-0.1, -0.05) is 30.3 Å². The monoisotopic (exact) mass is 403 g/mol. The average Bonchev–Trinajstić information content (AvgIpc) is 2.67. The Morgan fingerprint density at radius 3 is 2.43 bits per heavy atom. The molecule has 1 aliphatic rings. The first-order valence-electron chi connectivity index (χ1n) is 9.76. The molecule has 28 heavy (non-hydrogen) atoms. The lowest BCUT2D eigenvalue weighted by molar-refractivity contribution is -0.122. The molecule has 0 unspecified atom stereocenters. The first-order valence-corrected chi connectivity index (χ1v) is 11.2.